The molecule has 4 amide bonds. The second-order valence-electron chi connectivity index (χ2n) is 6.82. The number of hydrogen-bond acceptors (Lipinski definition) is 4. The van der Waals surface area contributed by atoms with Crippen LogP contribution in [0.4, 0.5) is 33.6 Å². The molecule has 0 saturated carbocycles. The van der Waals surface area contributed by atoms with Gasteiger partial charge in [0.2, 0.25) is 0 Å². The second kappa shape index (κ2) is 8.27. The number of alkyl halides is 3. The smallest absolute Gasteiger partial charge is 0.336 e. The molecule has 0 unspecified atom stereocenters. The zero-order valence-electron chi connectivity index (χ0n) is 15.8. The zero-order chi connectivity index (χ0) is 21.2. The van der Waals surface area contributed by atoms with Gasteiger partial charge in [0.1, 0.15) is 0 Å². The van der Waals surface area contributed by atoms with Crippen LogP contribution in [0.25, 0.3) is 0 Å². The molecule has 2 aromatic rings. The Bertz CT molecular complexity index is 896. The molecule has 3 rings (SSSR count). The van der Waals surface area contributed by atoms with E-state index in [0.717, 1.165) is 22.7 Å². The lowest BCUT2D eigenvalue weighted by Crippen LogP contribution is -2.38. The predicted molar refractivity (Wildman–Crippen MR) is 104 cm³/mol. The lowest BCUT2D eigenvalue weighted by atomic mass is 10.2. The van der Waals surface area contributed by atoms with Crippen molar-refractivity contribution in [3.63, 3.8) is 0 Å². The van der Waals surface area contributed by atoms with E-state index >= 15 is 0 Å². The maximum absolute atomic E-state index is 12.6. The average molecular weight is 427 g/mol. The number of benzene rings is 1. The highest BCUT2D eigenvalue weighted by Crippen LogP contribution is 2.31. The van der Waals surface area contributed by atoms with Crippen LogP contribution in [0, 0.1) is 0 Å². The summed E-state index contributed by atoms with van der Waals surface area (Å²) in [6.07, 6.45) is -3.89. The highest BCUT2D eigenvalue weighted by atomic mass is 32.1. The molecule has 11 heteroatoms. The standard InChI is InChI=1S/C18H20F3N5O2S/c1-10(2)22-15(27)25-16-24-13-7-8-26(9-14(13)29-16)17(28)23-12-5-3-11(4-6-12)18(19,20)21/h3-6,10H,7-9H2,1-2H3,(H,23,28)(H2,22,24,25,27). The molecule has 0 saturated heterocycles. The largest absolute Gasteiger partial charge is 0.416 e. The first-order valence-corrected chi connectivity index (χ1v) is 9.73. The van der Waals surface area contributed by atoms with Gasteiger partial charge in [-0.1, -0.05) is 11.3 Å². The van der Waals surface area contributed by atoms with Crippen molar-refractivity contribution in [1.29, 1.82) is 0 Å². The van der Waals surface area contributed by atoms with Crippen molar-refractivity contribution in [3.05, 3.63) is 40.4 Å². The molecule has 0 spiro atoms. The highest BCUT2D eigenvalue weighted by molar-refractivity contribution is 7.15. The molecule has 1 aromatic heterocycles. The van der Waals surface area contributed by atoms with E-state index in [0.29, 0.717) is 24.6 Å². The van der Waals surface area contributed by atoms with Crippen LogP contribution in [-0.2, 0) is 19.1 Å². The van der Waals surface area contributed by atoms with E-state index < -0.39 is 17.8 Å². The molecule has 1 aliphatic heterocycles. The summed E-state index contributed by atoms with van der Waals surface area (Å²) < 4.78 is 37.9. The Morgan fingerprint density at radius 2 is 1.86 bits per heavy atom. The fraction of sp³-hybridized carbons (Fsp3) is 0.389. The molecule has 1 aliphatic rings. The minimum atomic E-state index is -4.42. The SMILES string of the molecule is CC(C)NC(=O)Nc1nc2c(s1)CN(C(=O)Nc1ccc(C(F)(F)F)cc1)CC2. The van der Waals surface area contributed by atoms with Gasteiger partial charge in [0.25, 0.3) is 0 Å². The van der Waals surface area contributed by atoms with Crippen molar-refractivity contribution < 1.29 is 22.8 Å². The number of anilines is 2. The topological polar surface area (TPSA) is 86.4 Å². The van der Waals surface area contributed by atoms with Gasteiger partial charge < -0.3 is 15.5 Å². The van der Waals surface area contributed by atoms with Crippen molar-refractivity contribution in [2.75, 3.05) is 17.2 Å². The maximum atomic E-state index is 12.6. The van der Waals surface area contributed by atoms with Gasteiger partial charge in [-0.25, -0.2) is 14.6 Å². The number of nitrogens with zero attached hydrogens (tertiary/aromatic N) is 2. The normalized spacial score (nSPS) is 13.8. The minimum Gasteiger partial charge on any atom is -0.336 e. The van der Waals surface area contributed by atoms with Gasteiger partial charge in [-0.3, -0.25) is 5.32 Å². The molecule has 0 aliphatic carbocycles. The fourth-order valence-electron chi connectivity index (χ4n) is 2.76. The van der Waals surface area contributed by atoms with Crippen LogP contribution in [0.1, 0.15) is 30.0 Å². The lowest BCUT2D eigenvalue weighted by Gasteiger charge is -2.26. The summed E-state index contributed by atoms with van der Waals surface area (Å²) in [5.74, 6) is 0. The van der Waals surface area contributed by atoms with E-state index in [-0.39, 0.29) is 17.8 Å². The van der Waals surface area contributed by atoms with Gasteiger partial charge in [-0.05, 0) is 38.1 Å². The van der Waals surface area contributed by atoms with Crippen LogP contribution >= 0.6 is 11.3 Å². The summed E-state index contributed by atoms with van der Waals surface area (Å²) in [4.78, 5) is 31.1. The number of halogens is 3. The molecular formula is C18H20F3N5O2S. The summed E-state index contributed by atoms with van der Waals surface area (Å²) in [6.45, 7) is 4.42. The Labute approximate surface area is 169 Å². The molecule has 0 fully saturated rings. The quantitative estimate of drug-likeness (QED) is 0.683. The maximum Gasteiger partial charge on any atom is 0.416 e. The summed E-state index contributed by atoms with van der Waals surface area (Å²) in [6, 6.07) is 3.53. The molecule has 0 bridgehead atoms. The Morgan fingerprint density at radius 3 is 2.48 bits per heavy atom. The number of thiazole rings is 1. The first kappa shape index (κ1) is 20.9. The summed E-state index contributed by atoms with van der Waals surface area (Å²) in [5, 5.41) is 8.45. The van der Waals surface area contributed by atoms with Crippen LogP contribution < -0.4 is 16.0 Å². The molecule has 1 aromatic carbocycles. The number of fused-ring (bicyclic) bond motifs is 1. The Hall–Kier alpha value is -2.82. The minimum absolute atomic E-state index is 0.00558. The van der Waals surface area contributed by atoms with Gasteiger partial charge in [0, 0.05) is 29.6 Å². The van der Waals surface area contributed by atoms with Gasteiger partial charge in [-0.2, -0.15) is 13.2 Å². The number of amides is 4. The monoisotopic (exact) mass is 427 g/mol. The van der Waals surface area contributed by atoms with Crippen molar-refractivity contribution >= 4 is 34.2 Å². The number of nitrogens with one attached hydrogen (secondary N) is 3. The average Bonchev–Trinajstić information content (AvgIpc) is 3.01. The van der Waals surface area contributed by atoms with Crippen LogP contribution in [-0.4, -0.2) is 34.5 Å². The van der Waals surface area contributed by atoms with Crippen LogP contribution in [0.3, 0.4) is 0 Å². The molecule has 0 atom stereocenters. The third-order valence-corrected chi connectivity index (χ3v) is 5.12. The van der Waals surface area contributed by atoms with Crippen molar-refractivity contribution in [2.45, 2.75) is 39.0 Å². The molecule has 29 heavy (non-hydrogen) atoms. The van der Waals surface area contributed by atoms with Crippen LogP contribution in [0.2, 0.25) is 0 Å². The number of urea groups is 2. The Morgan fingerprint density at radius 1 is 1.17 bits per heavy atom. The Kier molecular flexibility index (Phi) is 5.96. The summed E-state index contributed by atoms with van der Waals surface area (Å²) >= 11 is 1.29. The number of rotatable bonds is 3. The van der Waals surface area contributed by atoms with Gasteiger partial charge >= 0.3 is 18.2 Å². The second-order valence-corrected chi connectivity index (χ2v) is 7.90. The van der Waals surface area contributed by atoms with Crippen LogP contribution in [0.5, 0.6) is 0 Å². The Balaban J connectivity index is 1.60. The zero-order valence-corrected chi connectivity index (χ0v) is 16.6. The molecule has 156 valence electrons. The van der Waals surface area contributed by atoms with E-state index in [1.54, 1.807) is 4.90 Å². The van der Waals surface area contributed by atoms with E-state index in [9.17, 15) is 22.8 Å². The third kappa shape index (κ3) is 5.37. The predicted octanol–water partition coefficient (Wildman–Crippen LogP) is 4.28. The van der Waals surface area contributed by atoms with Gasteiger partial charge in [-0.15, -0.1) is 0 Å². The lowest BCUT2D eigenvalue weighted by molar-refractivity contribution is -0.137. The molecular weight excluding hydrogens is 407 g/mol. The van der Waals surface area contributed by atoms with Gasteiger partial charge in [0.15, 0.2) is 5.13 Å². The van der Waals surface area contributed by atoms with E-state index in [1.165, 1.54) is 23.5 Å². The van der Waals surface area contributed by atoms with E-state index in [1.807, 2.05) is 13.8 Å². The number of hydrogen-bond donors (Lipinski definition) is 3. The molecule has 7 nitrogen and oxygen atoms in total. The molecule has 3 N–H and O–H groups in total. The van der Waals surface area contributed by atoms with Crippen LogP contribution in [0.15, 0.2) is 24.3 Å². The first-order chi connectivity index (χ1) is 13.6. The summed E-state index contributed by atoms with van der Waals surface area (Å²) in [5.41, 5.74) is 0.337. The first-order valence-electron chi connectivity index (χ1n) is 8.91. The van der Waals surface area contributed by atoms with Gasteiger partial charge in [0.05, 0.1) is 17.8 Å². The van der Waals surface area contributed by atoms with Crippen molar-refractivity contribution in [1.82, 2.24) is 15.2 Å². The number of aromatic nitrogens is 1. The van der Waals surface area contributed by atoms with E-state index in [4.69, 9.17) is 0 Å². The number of carbonyl (C=O) groups is 2. The number of carbonyl (C=O) groups excluding carboxylic acids is 2. The van der Waals surface area contributed by atoms with E-state index in [2.05, 4.69) is 20.9 Å². The van der Waals surface area contributed by atoms with Crippen molar-refractivity contribution in [3.8, 4) is 0 Å². The van der Waals surface area contributed by atoms with Crippen molar-refractivity contribution in [2.24, 2.45) is 0 Å². The molecule has 2 heterocycles. The highest BCUT2D eigenvalue weighted by Gasteiger charge is 2.30. The third-order valence-electron chi connectivity index (χ3n) is 4.12. The fourth-order valence-corrected chi connectivity index (χ4v) is 3.78. The molecule has 0 radical (unpaired) electrons. The summed E-state index contributed by atoms with van der Waals surface area (Å²) in [7, 11) is 0.